The van der Waals surface area contributed by atoms with Crippen LogP contribution in [0.25, 0.3) is 0 Å². The number of hydrogen-bond donors (Lipinski definition) is 0. The Bertz CT molecular complexity index is 376. The van der Waals surface area contributed by atoms with E-state index in [9.17, 15) is 4.79 Å². The molecule has 0 radical (unpaired) electrons. The summed E-state index contributed by atoms with van der Waals surface area (Å²) < 4.78 is 1.70. The van der Waals surface area contributed by atoms with Crippen molar-refractivity contribution in [1.29, 1.82) is 0 Å². The fourth-order valence-corrected chi connectivity index (χ4v) is 1.92. The van der Waals surface area contributed by atoms with Gasteiger partial charge >= 0.3 is 0 Å². The number of halogens is 1. The van der Waals surface area contributed by atoms with Gasteiger partial charge in [0.05, 0.1) is 11.3 Å². The highest BCUT2D eigenvalue weighted by Crippen LogP contribution is 2.11. The molecule has 0 saturated carbocycles. The van der Waals surface area contributed by atoms with Crippen LogP contribution in [0.1, 0.15) is 36.3 Å². The van der Waals surface area contributed by atoms with Crippen LogP contribution >= 0.6 is 11.6 Å². The summed E-state index contributed by atoms with van der Waals surface area (Å²) in [5, 5.41) is 4.29. The van der Waals surface area contributed by atoms with Gasteiger partial charge in [-0.25, -0.2) is 0 Å². The van der Waals surface area contributed by atoms with Gasteiger partial charge in [0.15, 0.2) is 0 Å². The zero-order chi connectivity index (χ0) is 12.8. The summed E-state index contributed by atoms with van der Waals surface area (Å²) in [5.41, 5.74) is 1.58. The maximum atomic E-state index is 12.3. The first-order chi connectivity index (χ1) is 8.13. The van der Waals surface area contributed by atoms with E-state index < -0.39 is 0 Å². The molecule has 1 aromatic rings. The highest BCUT2D eigenvalue weighted by Gasteiger charge is 2.19. The standard InChI is InChI=1S/C12H20ClN3O/c1-4-11-10(9-15(3)14-11)12(17)16(5-2)8-6-7-13/h9H,4-8H2,1-3H3. The molecule has 0 atom stereocenters. The summed E-state index contributed by atoms with van der Waals surface area (Å²) >= 11 is 5.66. The van der Waals surface area contributed by atoms with E-state index in [1.54, 1.807) is 10.9 Å². The van der Waals surface area contributed by atoms with E-state index in [0.717, 1.165) is 18.5 Å². The first kappa shape index (κ1) is 14.0. The highest BCUT2D eigenvalue weighted by molar-refractivity contribution is 6.17. The van der Waals surface area contributed by atoms with E-state index in [4.69, 9.17) is 11.6 Å². The second kappa shape index (κ2) is 6.64. The minimum absolute atomic E-state index is 0.0579. The van der Waals surface area contributed by atoms with E-state index in [1.807, 2.05) is 25.8 Å². The lowest BCUT2D eigenvalue weighted by Gasteiger charge is -2.20. The lowest BCUT2D eigenvalue weighted by molar-refractivity contribution is 0.0763. The molecule has 4 nitrogen and oxygen atoms in total. The number of amides is 1. The van der Waals surface area contributed by atoms with Crippen LogP contribution < -0.4 is 0 Å². The van der Waals surface area contributed by atoms with Crippen LogP contribution in [0.3, 0.4) is 0 Å². The van der Waals surface area contributed by atoms with E-state index in [-0.39, 0.29) is 5.91 Å². The third-order valence-corrected chi connectivity index (χ3v) is 2.97. The van der Waals surface area contributed by atoms with E-state index in [0.29, 0.717) is 24.5 Å². The molecule has 96 valence electrons. The molecular formula is C12H20ClN3O. The van der Waals surface area contributed by atoms with Gasteiger partial charge in [-0.2, -0.15) is 5.10 Å². The van der Waals surface area contributed by atoms with Crippen molar-refractivity contribution in [2.45, 2.75) is 26.7 Å². The number of aromatic nitrogens is 2. The van der Waals surface area contributed by atoms with Crippen molar-refractivity contribution in [3.05, 3.63) is 17.5 Å². The first-order valence-electron chi connectivity index (χ1n) is 6.01. The molecule has 0 saturated heterocycles. The van der Waals surface area contributed by atoms with Crippen molar-refractivity contribution in [2.24, 2.45) is 7.05 Å². The maximum Gasteiger partial charge on any atom is 0.257 e. The lowest BCUT2D eigenvalue weighted by atomic mass is 10.2. The van der Waals surface area contributed by atoms with Crippen molar-refractivity contribution in [2.75, 3.05) is 19.0 Å². The van der Waals surface area contributed by atoms with Crippen LogP contribution in [0, 0.1) is 0 Å². The Kier molecular flexibility index (Phi) is 5.48. The first-order valence-corrected chi connectivity index (χ1v) is 6.55. The monoisotopic (exact) mass is 257 g/mol. The zero-order valence-corrected chi connectivity index (χ0v) is 11.5. The fourth-order valence-electron chi connectivity index (χ4n) is 1.80. The zero-order valence-electron chi connectivity index (χ0n) is 10.7. The van der Waals surface area contributed by atoms with Crippen molar-refractivity contribution in [3.63, 3.8) is 0 Å². The van der Waals surface area contributed by atoms with Gasteiger partial charge in [0, 0.05) is 32.2 Å². The number of hydrogen-bond acceptors (Lipinski definition) is 2. The van der Waals surface area contributed by atoms with Gasteiger partial charge in [-0.1, -0.05) is 6.92 Å². The molecule has 0 aliphatic heterocycles. The Morgan fingerprint density at radius 3 is 2.76 bits per heavy atom. The number of aryl methyl sites for hydroxylation is 2. The molecule has 0 bridgehead atoms. The molecule has 0 aliphatic carbocycles. The molecule has 1 heterocycles. The van der Waals surface area contributed by atoms with Gasteiger partial charge in [-0.15, -0.1) is 11.6 Å². The molecule has 0 N–H and O–H groups in total. The molecule has 1 rings (SSSR count). The summed E-state index contributed by atoms with van der Waals surface area (Å²) in [6.45, 7) is 5.40. The third-order valence-electron chi connectivity index (χ3n) is 2.70. The molecule has 1 amide bonds. The Labute approximate surface area is 108 Å². The van der Waals surface area contributed by atoms with Gasteiger partial charge in [-0.05, 0) is 19.8 Å². The van der Waals surface area contributed by atoms with Crippen LogP contribution in [0.5, 0.6) is 0 Å². The molecule has 5 heteroatoms. The van der Waals surface area contributed by atoms with Crippen LogP contribution in [0.15, 0.2) is 6.20 Å². The molecular weight excluding hydrogens is 238 g/mol. The number of carbonyl (C=O) groups is 1. The molecule has 0 aliphatic rings. The fraction of sp³-hybridized carbons (Fsp3) is 0.667. The second-order valence-corrected chi connectivity index (χ2v) is 4.32. The molecule has 17 heavy (non-hydrogen) atoms. The van der Waals surface area contributed by atoms with Crippen molar-refractivity contribution in [1.82, 2.24) is 14.7 Å². The number of rotatable bonds is 6. The van der Waals surface area contributed by atoms with Crippen molar-refractivity contribution >= 4 is 17.5 Å². The number of nitrogens with zero attached hydrogens (tertiary/aromatic N) is 3. The quantitative estimate of drug-likeness (QED) is 0.732. The summed E-state index contributed by atoms with van der Waals surface area (Å²) in [5.74, 6) is 0.639. The van der Waals surface area contributed by atoms with Gasteiger partial charge < -0.3 is 4.90 Å². The minimum atomic E-state index is 0.0579. The number of alkyl halides is 1. The normalized spacial score (nSPS) is 10.6. The Balaban J connectivity index is 2.85. The third kappa shape index (κ3) is 3.46. The molecule has 1 aromatic heterocycles. The average Bonchev–Trinajstić information content (AvgIpc) is 2.71. The van der Waals surface area contributed by atoms with Crippen LogP contribution in [-0.2, 0) is 13.5 Å². The van der Waals surface area contributed by atoms with Crippen LogP contribution in [0.4, 0.5) is 0 Å². The van der Waals surface area contributed by atoms with Gasteiger partial charge in [0.2, 0.25) is 0 Å². The topological polar surface area (TPSA) is 38.1 Å². The van der Waals surface area contributed by atoms with Gasteiger partial charge in [0.1, 0.15) is 0 Å². The molecule has 0 spiro atoms. The van der Waals surface area contributed by atoms with E-state index in [2.05, 4.69) is 5.10 Å². The molecule has 0 fully saturated rings. The highest BCUT2D eigenvalue weighted by atomic mass is 35.5. The van der Waals surface area contributed by atoms with Crippen LogP contribution in [0.2, 0.25) is 0 Å². The summed E-state index contributed by atoms with van der Waals surface area (Å²) in [7, 11) is 1.84. The SMILES string of the molecule is CCc1nn(C)cc1C(=O)N(CC)CCCCl. The Hall–Kier alpha value is -1.03. The molecule has 0 unspecified atom stereocenters. The lowest BCUT2D eigenvalue weighted by Crippen LogP contribution is -2.32. The smallest absolute Gasteiger partial charge is 0.257 e. The predicted octanol–water partition coefficient (Wildman–Crippen LogP) is 2.07. The Morgan fingerprint density at radius 2 is 2.24 bits per heavy atom. The number of carbonyl (C=O) groups excluding carboxylic acids is 1. The Morgan fingerprint density at radius 1 is 1.53 bits per heavy atom. The minimum Gasteiger partial charge on any atom is -0.339 e. The summed E-state index contributed by atoms with van der Waals surface area (Å²) in [6.07, 6.45) is 3.39. The average molecular weight is 258 g/mol. The van der Waals surface area contributed by atoms with E-state index in [1.165, 1.54) is 0 Å². The van der Waals surface area contributed by atoms with Gasteiger partial charge in [-0.3, -0.25) is 9.48 Å². The predicted molar refractivity (Wildman–Crippen MR) is 69.5 cm³/mol. The molecule has 0 aromatic carbocycles. The summed E-state index contributed by atoms with van der Waals surface area (Å²) in [4.78, 5) is 14.1. The maximum absolute atomic E-state index is 12.3. The second-order valence-electron chi connectivity index (χ2n) is 3.94. The van der Waals surface area contributed by atoms with E-state index >= 15 is 0 Å². The van der Waals surface area contributed by atoms with Gasteiger partial charge in [0.25, 0.3) is 5.91 Å². The largest absolute Gasteiger partial charge is 0.339 e. The van der Waals surface area contributed by atoms with Crippen molar-refractivity contribution in [3.8, 4) is 0 Å². The summed E-state index contributed by atoms with van der Waals surface area (Å²) in [6, 6.07) is 0. The van der Waals surface area contributed by atoms with Crippen molar-refractivity contribution < 1.29 is 4.79 Å². The van der Waals surface area contributed by atoms with Crippen LogP contribution in [-0.4, -0.2) is 39.6 Å².